The summed E-state index contributed by atoms with van der Waals surface area (Å²) in [7, 11) is 1.00. The topological polar surface area (TPSA) is 88.8 Å². The van der Waals surface area contributed by atoms with Crippen molar-refractivity contribution in [2.45, 2.75) is 12.4 Å². The molecule has 1 N–H and O–H groups in total. The van der Waals surface area contributed by atoms with Gasteiger partial charge in [-0.15, -0.1) is 5.11 Å². The van der Waals surface area contributed by atoms with Crippen LogP contribution < -0.4 is 5.56 Å². The van der Waals surface area contributed by atoms with Crippen LogP contribution in [0.5, 0.6) is 0 Å². The summed E-state index contributed by atoms with van der Waals surface area (Å²) >= 11 is 0. The van der Waals surface area contributed by atoms with Crippen molar-refractivity contribution in [3.63, 3.8) is 0 Å². The zero-order valence-electron chi connectivity index (χ0n) is 16.0. The fourth-order valence-electron chi connectivity index (χ4n) is 2.63. The first-order valence-electron chi connectivity index (χ1n) is 8.62. The number of methoxy groups -OCH3 is 1. The van der Waals surface area contributed by atoms with E-state index in [1.165, 1.54) is 12.1 Å². The van der Waals surface area contributed by atoms with Gasteiger partial charge in [0, 0.05) is 0 Å². The second-order valence-electron chi connectivity index (χ2n) is 6.27. The van der Waals surface area contributed by atoms with Gasteiger partial charge in [-0.25, -0.2) is 9.48 Å². The van der Waals surface area contributed by atoms with Crippen molar-refractivity contribution in [1.82, 2.24) is 9.78 Å². The Balaban J connectivity index is 2.14. The molecule has 168 valence electrons. The highest BCUT2D eigenvalue weighted by Crippen LogP contribution is 2.38. The molecule has 0 saturated carbocycles. The summed E-state index contributed by atoms with van der Waals surface area (Å²) in [5.74, 6) is -1.05. The number of carbonyl (C=O) groups excluding carboxylic acids is 1. The fraction of sp³-hybridized carbons (Fsp3) is 0.158. The number of halogens is 6. The Morgan fingerprint density at radius 1 is 0.938 bits per heavy atom. The highest BCUT2D eigenvalue weighted by atomic mass is 19.4. The summed E-state index contributed by atoms with van der Waals surface area (Å²) in [6, 6.07) is 8.43. The van der Waals surface area contributed by atoms with Crippen LogP contribution in [0.15, 0.2) is 63.6 Å². The van der Waals surface area contributed by atoms with E-state index in [9.17, 15) is 35.9 Å². The molecule has 7 nitrogen and oxygen atoms in total. The number of carbonyl (C=O) groups is 1. The van der Waals surface area contributed by atoms with Crippen molar-refractivity contribution in [1.29, 1.82) is 0 Å². The van der Waals surface area contributed by atoms with Crippen LogP contribution >= 0.6 is 0 Å². The number of hydrogen-bond donors (Lipinski definition) is 1. The van der Waals surface area contributed by atoms with Gasteiger partial charge in [-0.3, -0.25) is 9.89 Å². The van der Waals surface area contributed by atoms with Gasteiger partial charge in [0.25, 0.3) is 5.56 Å². The number of aromatic nitrogens is 2. The molecule has 0 radical (unpaired) electrons. The maximum Gasteiger partial charge on any atom is 0.416 e. The van der Waals surface area contributed by atoms with Crippen molar-refractivity contribution in [2.24, 2.45) is 10.2 Å². The molecule has 0 aliphatic rings. The van der Waals surface area contributed by atoms with Gasteiger partial charge in [-0.05, 0) is 30.3 Å². The van der Waals surface area contributed by atoms with Gasteiger partial charge in [-0.2, -0.15) is 31.5 Å². The number of para-hydroxylation sites is 1. The van der Waals surface area contributed by atoms with E-state index in [2.05, 4.69) is 20.1 Å². The molecular formula is C19H12F6N4O3. The lowest BCUT2D eigenvalue weighted by atomic mass is 10.1. The molecule has 1 heterocycles. The van der Waals surface area contributed by atoms with E-state index < -0.39 is 52.1 Å². The van der Waals surface area contributed by atoms with Crippen molar-refractivity contribution < 1.29 is 35.9 Å². The maximum absolute atomic E-state index is 13.0. The zero-order chi connectivity index (χ0) is 23.7. The van der Waals surface area contributed by atoms with E-state index in [-0.39, 0.29) is 11.8 Å². The third-order valence-electron chi connectivity index (χ3n) is 4.11. The highest BCUT2D eigenvalue weighted by Gasteiger charge is 2.37. The number of rotatable bonds is 4. The van der Waals surface area contributed by atoms with Gasteiger partial charge in [-0.1, -0.05) is 18.2 Å². The number of esters is 1. The molecule has 0 bridgehead atoms. The van der Waals surface area contributed by atoms with Gasteiger partial charge >= 0.3 is 18.3 Å². The summed E-state index contributed by atoms with van der Waals surface area (Å²) in [4.78, 5) is 24.7. The van der Waals surface area contributed by atoms with E-state index in [0.717, 1.165) is 11.8 Å². The second-order valence-corrected chi connectivity index (χ2v) is 6.27. The van der Waals surface area contributed by atoms with E-state index in [1.807, 2.05) is 0 Å². The van der Waals surface area contributed by atoms with E-state index in [4.69, 9.17) is 0 Å². The van der Waals surface area contributed by atoms with Crippen LogP contribution in [0.25, 0.3) is 5.69 Å². The van der Waals surface area contributed by atoms with Crippen LogP contribution in [0.3, 0.4) is 0 Å². The van der Waals surface area contributed by atoms with E-state index in [0.29, 0.717) is 12.1 Å². The lowest BCUT2D eigenvalue weighted by Gasteiger charge is -2.12. The molecule has 32 heavy (non-hydrogen) atoms. The number of alkyl halides is 6. The SMILES string of the molecule is COC(=O)c1[nH]n(-c2ccccc2)c(=O)c1N=Nc1cc(C(F)(F)F)cc(C(F)(F)F)c1. The summed E-state index contributed by atoms with van der Waals surface area (Å²) < 4.78 is 83.5. The number of nitrogens with one attached hydrogen (secondary N) is 1. The van der Waals surface area contributed by atoms with Crippen LogP contribution in [-0.4, -0.2) is 22.9 Å². The number of ether oxygens (including phenoxy) is 1. The maximum atomic E-state index is 13.0. The van der Waals surface area contributed by atoms with Crippen LogP contribution in [0.1, 0.15) is 21.6 Å². The molecule has 3 aromatic rings. The third kappa shape index (κ3) is 4.71. The third-order valence-corrected chi connectivity index (χ3v) is 4.11. The van der Waals surface area contributed by atoms with Gasteiger partial charge in [0.15, 0.2) is 11.4 Å². The number of azo groups is 1. The second kappa shape index (κ2) is 8.32. The molecule has 0 aliphatic carbocycles. The fourth-order valence-corrected chi connectivity index (χ4v) is 2.63. The smallest absolute Gasteiger partial charge is 0.416 e. The standard InChI is InChI=1S/C19H12F6N4O3/c1-32-17(31)15-14(16(30)29(28-15)13-5-3-2-4-6-13)27-26-12-8-10(18(20,21)22)7-11(9-12)19(23,24)25/h2-9,28H,1H3. The summed E-state index contributed by atoms with van der Waals surface area (Å²) in [6.07, 6.45) is -10.2. The minimum absolute atomic E-state index is 0.0718. The van der Waals surface area contributed by atoms with Crippen molar-refractivity contribution in [3.05, 3.63) is 75.7 Å². The number of nitrogens with zero attached hydrogens (tertiary/aromatic N) is 3. The molecule has 13 heteroatoms. The first-order chi connectivity index (χ1) is 14.9. The largest absolute Gasteiger partial charge is 0.464 e. The number of benzene rings is 2. The lowest BCUT2D eigenvalue weighted by Crippen LogP contribution is -2.13. The van der Waals surface area contributed by atoms with Gasteiger partial charge < -0.3 is 4.74 Å². The Morgan fingerprint density at radius 3 is 2.00 bits per heavy atom. The molecule has 1 aromatic heterocycles. The summed E-state index contributed by atoms with van der Waals surface area (Å²) in [5, 5.41) is 9.26. The lowest BCUT2D eigenvalue weighted by molar-refractivity contribution is -0.143. The number of aromatic amines is 1. The Hall–Kier alpha value is -3.90. The van der Waals surface area contributed by atoms with Crippen molar-refractivity contribution in [3.8, 4) is 5.69 Å². The van der Waals surface area contributed by atoms with Crippen molar-refractivity contribution >= 4 is 17.3 Å². The van der Waals surface area contributed by atoms with Crippen molar-refractivity contribution in [2.75, 3.05) is 7.11 Å². The minimum Gasteiger partial charge on any atom is -0.464 e. The predicted molar refractivity (Wildman–Crippen MR) is 98.4 cm³/mol. The van der Waals surface area contributed by atoms with Crippen LogP contribution in [-0.2, 0) is 17.1 Å². The Kier molecular flexibility index (Phi) is 5.92. The van der Waals surface area contributed by atoms with Crippen LogP contribution in [0.2, 0.25) is 0 Å². The van der Waals surface area contributed by atoms with Gasteiger partial charge in [0.1, 0.15) is 0 Å². The van der Waals surface area contributed by atoms with E-state index in [1.54, 1.807) is 18.2 Å². The Labute approximate surface area is 174 Å². The molecular weight excluding hydrogens is 446 g/mol. The highest BCUT2D eigenvalue weighted by molar-refractivity contribution is 5.92. The molecule has 0 spiro atoms. The Bertz CT molecular complexity index is 1190. The molecule has 0 aliphatic heterocycles. The number of H-pyrrole nitrogens is 1. The number of hydrogen-bond acceptors (Lipinski definition) is 5. The molecule has 2 aromatic carbocycles. The minimum atomic E-state index is -5.09. The average molecular weight is 458 g/mol. The summed E-state index contributed by atoms with van der Waals surface area (Å²) in [5.41, 5.74) is -5.84. The molecule has 0 fully saturated rings. The first kappa shape index (κ1) is 22.8. The molecule has 0 atom stereocenters. The molecule has 0 amide bonds. The van der Waals surface area contributed by atoms with Crippen LogP contribution in [0, 0.1) is 0 Å². The Morgan fingerprint density at radius 2 is 1.50 bits per heavy atom. The van der Waals surface area contributed by atoms with Crippen LogP contribution in [0.4, 0.5) is 37.7 Å². The van der Waals surface area contributed by atoms with E-state index >= 15 is 0 Å². The normalized spacial score (nSPS) is 12.3. The van der Waals surface area contributed by atoms with Gasteiger partial charge in [0.2, 0.25) is 0 Å². The molecule has 0 unspecified atom stereocenters. The molecule has 0 saturated heterocycles. The summed E-state index contributed by atoms with van der Waals surface area (Å²) in [6.45, 7) is 0. The quantitative estimate of drug-likeness (QED) is 0.322. The van der Waals surface area contributed by atoms with Gasteiger partial charge in [0.05, 0.1) is 29.6 Å². The predicted octanol–water partition coefficient (Wildman–Crippen LogP) is 5.41. The monoisotopic (exact) mass is 458 g/mol. The molecule has 3 rings (SSSR count). The zero-order valence-corrected chi connectivity index (χ0v) is 16.0. The first-order valence-corrected chi connectivity index (χ1v) is 8.62. The average Bonchev–Trinajstić information content (AvgIpc) is 3.07.